The molecule has 3 rings (SSSR count). The first-order chi connectivity index (χ1) is 11.0. The van der Waals surface area contributed by atoms with Crippen LogP contribution in [0, 0.1) is 0 Å². The Kier molecular flexibility index (Phi) is 4.01. The SMILES string of the molecule is O=C(CC1c2cccc(Cl)c2S(=O)(=O)N1c1ccccc1)NO. The van der Waals surface area contributed by atoms with Gasteiger partial charge in [-0.1, -0.05) is 41.9 Å². The summed E-state index contributed by atoms with van der Waals surface area (Å²) >= 11 is 6.09. The van der Waals surface area contributed by atoms with E-state index in [-0.39, 0.29) is 16.3 Å². The molecule has 2 aromatic rings. The zero-order chi connectivity index (χ0) is 16.6. The van der Waals surface area contributed by atoms with Gasteiger partial charge in [-0.15, -0.1) is 0 Å². The maximum Gasteiger partial charge on any atom is 0.266 e. The molecule has 120 valence electrons. The lowest BCUT2D eigenvalue weighted by molar-refractivity contribution is -0.129. The molecule has 0 fully saturated rings. The molecule has 1 amide bonds. The van der Waals surface area contributed by atoms with Gasteiger partial charge in [0.05, 0.1) is 23.2 Å². The van der Waals surface area contributed by atoms with Crippen molar-refractivity contribution in [1.29, 1.82) is 0 Å². The van der Waals surface area contributed by atoms with Crippen LogP contribution in [0.5, 0.6) is 0 Å². The van der Waals surface area contributed by atoms with Crippen LogP contribution in [-0.4, -0.2) is 19.5 Å². The highest BCUT2D eigenvalue weighted by Gasteiger charge is 2.44. The molecule has 2 N–H and O–H groups in total. The van der Waals surface area contributed by atoms with Gasteiger partial charge in [0.1, 0.15) is 4.90 Å². The zero-order valence-electron chi connectivity index (χ0n) is 11.8. The number of sulfonamides is 1. The lowest BCUT2D eigenvalue weighted by Crippen LogP contribution is -2.32. The molecule has 6 nitrogen and oxygen atoms in total. The largest absolute Gasteiger partial charge is 0.289 e. The minimum Gasteiger partial charge on any atom is -0.289 e. The number of anilines is 1. The molecule has 2 aromatic carbocycles. The van der Waals surface area contributed by atoms with Gasteiger partial charge in [-0.05, 0) is 23.8 Å². The predicted molar refractivity (Wildman–Crippen MR) is 84.8 cm³/mol. The Morgan fingerprint density at radius 1 is 1.17 bits per heavy atom. The van der Waals surface area contributed by atoms with Crippen molar-refractivity contribution in [3.8, 4) is 0 Å². The van der Waals surface area contributed by atoms with Crippen LogP contribution in [0.3, 0.4) is 0 Å². The van der Waals surface area contributed by atoms with Crippen LogP contribution >= 0.6 is 11.6 Å². The number of carbonyl (C=O) groups is 1. The first kappa shape index (κ1) is 15.8. The van der Waals surface area contributed by atoms with E-state index >= 15 is 0 Å². The summed E-state index contributed by atoms with van der Waals surface area (Å²) in [4.78, 5) is 11.6. The molecule has 1 aliphatic heterocycles. The van der Waals surface area contributed by atoms with Crippen molar-refractivity contribution in [2.75, 3.05) is 4.31 Å². The lowest BCUT2D eigenvalue weighted by atomic mass is 10.0. The van der Waals surface area contributed by atoms with Gasteiger partial charge in [0.2, 0.25) is 5.91 Å². The number of hydrogen-bond donors (Lipinski definition) is 2. The summed E-state index contributed by atoms with van der Waals surface area (Å²) in [6.45, 7) is 0. The number of nitrogens with one attached hydrogen (secondary N) is 1. The van der Waals surface area contributed by atoms with E-state index < -0.39 is 22.0 Å². The van der Waals surface area contributed by atoms with Gasteiger partial charge in [-0.2, -0.15) is 0 Å². The van der Waals surface area contributed by atoms with Crippen LogP contribution < -0.4 is 9.79 Å². The number of benzene rings is 2. The van der Waals surface area contributed by atoms with Crippen LogP contribution in [0.1, 0.15) is 18.0 Å². The minimum atomic E-state index is -3.89. The maximum absolute atomic E-state index is 12.9. The zero-order valence-corrected chi connectivity index (χ0v) is 13.4. The number of nitrogens with zero attached hydrogens (tertiary/aromatic N) is 1. The highest BCUT2D eigenvalue weighted by molar-refractivity contribution is 7.93. The topological polar surface area (TPSA) is 86.7 Å². The van der Waals surface area contributed by atoms with Gasteiger partial charge in [0.25, 0.3) is 10.0 Å². The fraction of sp³-hybridized carbons (Fsp3) is 0.133. The van der Waals surface area contributed by atoms with Gasteiger partial charge in [-0.25, -0.2) is 13.9 Å². The first-order valence-electron chi connectivity index (χ1n) is 6.77. The van der Waals surface area contributed by atoms with Crippen molar-refractivity contribution in [2.24, 2.45) is 0 Å². The number of halogens is 1. The van der Waals surface area contributed by atoms with Crippen molar-refractivity contribution >= 4 is 33.2 Å². The van der Waals surface area contributed by atoms with E-state index in [0.717, 1.165) is 0 Å². The summed E-state index contributed by atoms with van der Waals surface area (Å²) in [6, 6.07) is 12.4. The molecule has 0 bridgehead atoms. The monoisotopic (exact) mass is 352 g/mol. The molecule has 23 heavy (non-hydrogen) atoms. The van der Waals surface area contributed by atoms with Crippen molar-refractivity contribution in [3.05, 3.63) is 59.1 Å². The van der Waals surface area contributed by atoms with Gasteiger partial charge < -0.3 is 0 Å². The molecule has 1 unspecified atom stereocenters. The second-order valence-electron chi connectivity index (χ2n) is 5.05. The summed E-state index contributed by atoms with van der Waals surface area (Å²) in [7, 11) is -3.89. The average Bonchev–Trinajstić information content (AvgIpc) is 2.76. The van der Waals surface area contributed by atoms with E-state index in [0.29, 0.717) is 11.3 Å². The Bertz CT molecular complexity index is 855. The molecule has 1 aliphatic rings. The molecule has 0 saturated heterocycles. The van der Waals surface area contributed by atoms with Crippen LogP contribution in [0.2, 0.25) is 5.02 Å². The van der Waals surface area contributed by atoms with E-state index in [9.17, 15) is 13.2 Å². The second-order valence-corrected chi connectivity index (χ2v) is 7.21. The van der Waals surface area contributed by atoms with Crippen molar-refractivity contribution < 1.29 is 18.4 Å². The summed E-state index contributed by atoms with van der Waals surface area (Å²) in [6.07, 6.45) is -0.224. The molecular formula is C15H13ClN2O4S. The third kappa shape index (κ3) is 2.56. The van der Waals surface area contributed by atoms with Crippen LogP contribution in [0.15, 0.2) is 53.4 Å². The average molecular weight is 353 g/mol. The normalized spacial score (nSPS) is 18.5. The van der Waals surface area contributed by atoms with Gasteiger partial charge in [0.15, 0.2) is 0 Å². The van der Waals surface area contributed by atoms with Gasteiger partial charge >= 0.3 is 0 Å². The maximum atomic E-state index is 12.9. The smallest absolute Gasteiger partial charge is 0.266 e. The molecular weight excluding hydrogens is 340 g/mol. The Balaban J connectivity index is 2.21. The first-order valence-corrected chi connectivity index (χ1v) is 8.59. The quantitative estimate of drug-likeness (QED) is 0.656. The fourth-order valence-corrected chi connectivity index (χ4v) is 5.17. The Hall–Kier alpha value is -2.09. The Labute approximate surface area is 138 Å². The summed E-state index contributed by atoms with van der Waals surface area (Å²) in [5.41, 5.74) is 2.40. The second kappa shape index (κ2) is 5.84. The van der Waals surface area contributed by atoms with Gasteiger partial charge in [-0.3, -0.25) is 14.3 Å². The number of carbonyl (C=O) groups excluding carboxylic acids is 1. The highest BCUT2D eigenvalue weighted by atomic mass is 35.5. The number of amides is 1. The third-order valence-electron chi connectivity index (χ3n) is 3.67. The minimum absolute atomic E-state index is 0.00117. The standard InChI is InChI=1S/C15H13ClN2O4S/c16-12-8-4-7-11-13(9-14(19)17-20)18(23(21,22)15(11)12)10-5-2-1-3-6-10/h1-8,13,20H,9H2,(H,17,19). The van der Waals surface area contributed by atoms with E-state index in [1.807, 2.05) is 0 Å². The highest BCUT2D eigenvalue weighted by Crippen LogP contribution is 2.46. The molecule has 0 spiro atoms. The summed E-state index contributed by atoms with van der Waals surface area (Å²) in [5, 5.41) is 8.90. The lowest BCUT2D eigenvalue weighted by Gasteiger charge is -2.25. The number of fused-ring (bicyclic) bond motifs is 1. The Morgan fingerprint density at radius 3 is 2.52 bits per heavy atom. The van der Waals surface area contributed by atoms with E-state index in [1.54, 1.807) is 47.9 Å². The number of hydrogen-bond acceptors (Lipinski definition) is 4. The van der Waals surface area contributed by atoms with Crippen LogP contribution in [-0.2, 0) is 14.8 Å². The summed E-state index contributed by atoms with van der Waals surface area (Å²) < 4.78 is 27.0. The van der Waals surface area contributed by atoms with E-state index in [4.69, 9.17) is 16.8 Å². The molecule has 1 atom stereocenters. The summed E-state index contributed by atoms with van der Waals surface area (Å²) in [5.74, 6) is -0.682. The fourth-order valence-electron chi connectivity index (χ4n) is 2.76. The molecule has 0 radical (unpaired) electrons. The molecule has 0 aliphatic carbocycles. The van der Waals surface area contributed by atoms with E-state index in [1.165, 1.54) is 10.4 Å². The third-order valence-corrected chi connectivity index (χ3v) is 6.05. The number of para-hydroxylation sites is 1. The molecule has 0 aromatic heterocycles. The molecule has 0 saturated carbocycles. The molecule has 8 heteroatoms. The Morgan fingerprint density at radius 2 is 1.87 bits per heavy atom. The van der Waals surface area contributed by atoms with Crippen molar-refractivity contribution in [2.45, 2.75) is 17.4 Å². The van der Waals surface area contributed by atoms with Crippen molar-refractivity contribution in [3.63, 3.8) is 0 Å². The van der Waals surface area contributed by atoms with Crippen LogP contribution in [0.25, 0.3) is 0 Å². The number of hydroxylamine groups is 1. The van der Waals surface area contributed by atoms with E-state index in [2.05, 4.69) is 0 Å². The predicted octanol–water partition coefficient (Wildman–Crippen LogP) is 2.49. The molecule has 1 heterocycles. The van der Waals surface area contributed by atoms with Crippen LogP contribution in [0.4, 0.5) is 5.69 Å². The van der Waals surface area contributed by atoms with Gasteiger partial charge in [0, 0.05) is 0 Å². The van der Waals surface area contributed by atoms with Crippen molar-refractivity contribution in [1.82, 2.24) is 5.48 Å². The number of rotatable bonds is 3.